The van der Waals surface area contributed by atoms with E-state index in [1.165, 1.54) is 18.4 Å². The maximum atomic E-state index is 11.6. The van der Waals surface area contributed by atoms with Gasteiger partial charge in [0.05, 0.1) is 6.54 Å². The van der Waals surface area contributed by atoms with Crippen molar-refractivity contribution < 1.29 is 19.7 Å². The van der Waals surface area contributed by atoms with Crippen LogP contribution in [0.25, 0.3) is 10.8 Å². The number of carbonyl (C=O) groups excluding carboxylic acids is 1. The molecule has 0 aliphatic rings. The second-order valence-electron chi connectivity index (χ2n) is 7.03. The molecule has 186 valence electrons. The zero-order valence-electron chi connectivity index (χ0n) is 18.9. The Labute approximate surface area is 210 Å². The van der Waals surface area contributed by atoms with Gasteiger partial charge < -0.3 is 21.1 Å². The Morgan fingerprint density at radius 1 is 1.14 bits per heavy atom. The van der Waals surface area contributed by atoms with E-state index in [1.807, 2.05) is 42.5 Å². The third kappa shape index (κ3) is 10.4. The van der Waals surface area contributed by atoms with Crippen LogP contribution < -0.4 is 16.0 Å². The first-order chi connectivity index (χ1) is 16.8. The highest BCUT2D eigenvalue weighted by Crippen LogP contribution is 2.18. The molecule has 0 unspecified atom stereocenters. The van der Waals surface area contributed by atoms with Crippen molar-refractivity contribution >= 4 is 51.5 Å². The molecule has 35 heavy (non-hydrogen) atoms. The Hall–Kier alpha value is -3.77. The monoisotopic (exact) mass is 520 g/mol. The van der Waals surface area contributed by atoms with Crippen molar-refractivity contribution in [1.29, 1.82) is 0 Å². The molecule has 0 aliphatic carbocycles. The molecule has 0 aliphatic heterocycles. The summed E-state index contributed by atoms with van der Waals surface area (Å²) in [6.07, 6.45) is 2.24. The number of hydrazone groups is 1. The number of aliphatic carboxylic acids is 1. The van der Waals surface area contributed by atoms with E-state index in [-0.39, 0.29) is 24.7 Å². The van der Waals surface area contributed by atoms with Gasteiger partial charge in [-0.25, -0.2) is 15.1 Å². The normalized spacial score (nSPS) is 10.7. The van der Waals surface area contributed by atoms with E-state index >= 15 is 0 Å². The number of hydrogen-bond acceptors (Lipinski definition) is 6. The van der Waals surface area contributed by atoms with Crippen LogP contribution in [-0.2, 0) is 22.7 Å². The molecule has 0 fully saturated rings. The van der Waals surface area contributed by atoms with Crippen molar-refractivity contribution in [3.8, 4) is 0 Å². The number of guanidine groups is 1. The summed E-state index contributed by atoms with van der Waals surface area (Å²) in [5.74, 6) is -0.893. The molecule has 0 spiro atoms. The molecule has 11 nitrogen and oxygen atoms in total. The van der Waals surface area contributed by atoms with E-state index < -0.39 is 11.0 Å². The molecule has 0 atom stereocenters. The molecule has 13 heteroatoms. The molecule has 4 N–H and O–H groups in total. The third-order valence-electron chi connectivity index (χ3n) is 4.52. The van der Waals surface area contributed by atoms with Gasteiger partial charge >= 0.3 is 5.97 Å². The maximum Gasteiger partial charge on any atom is 0.303 e. The Morgan fingerprint density at radius 2 is 1.89 bits per heavy atom. The van der Waals surface area contributed by atoms with Crippen LogP contribution in [0.1, 0.15) is 29.7 Å². The zero-order chi connectivity index (χ0) is 25.6. The van der Waals surface area contributed by atoms with Gasteiger partial charge in [0.15, 0.2) is 9.50 Å². The average Bonchev–Trinajstić information content (AvgIpc) is 3.25. The van der Waals surface area contributed by atoms with Gasteiger partial charge in [0, 0.05) is 37.5 Å². The second kappa shape index (κ2) is 14.5. The molecule has 0 saturated carbocycles. The smallest absolute Gasteiger partial charge is 0.303 e. The minimum absolute atomic E-state index is 0.0295. The molecule has 1 amide bonds. The average molecular weight is 521 g/mol. The number of aromatic nitrogens is 1. The number of thiazole rings is 1. The lowest BCUT2D eigenvalue weighted by atomic mass is 10.0. The number of carboxylic acids is 1. The van der Waals surface area contributed by atoms with Crippen LogP contribution in [0, 0.1) is 10.1 Å². The standard InChI is InChI=1S/C16H17NO3.C6H8ClN5O2S/c18-15(9-4-10-16(19)20)17-11-13-7-3-6-12-5-1-2-8-14(12)13;1-8-6(11-12(13)14)10-3-4-2-9-5(7)15-4/h1-3,5-8H,4,9-11H2,(H,17,18)(H,19,20);2H,3H2,1H3,(H2,8,10,11). The fourth-order valence-electron chi connectivity index (χ4n) is 2.92. The number of hydrogen-bond donors (Lipinski definition) is 4. The van der Waals surface area contributed by atoms with Crippen molar-refractivity contribution in [1.82, 2.24) is 20.9 Å². The summed E-state index contributed by atoms with van der Waals surface area (Å²) in [6, 6.07) is 14.0. The van der Waals surface area contributed by atoms with Gasteiger partial charge in [0.25, 0.3) is 5.96 Å². The first kappa shape index (κ1) is 27.5. The zero-order valence-corrected chi connectivity index (χ0v) is 20.4. The number of rotatable bonds is 9. The highest BCUT2D eigenvalue weighted by atomic mass is 35.5. The summed E-state index contributed by atoms with van der Waals surface area (Å²) in [5.41, 5.74) is 1.06. The number of nitrogens with one attached hydrogen (secondary N) is 3. The lowest BCUT2D eigenvalue weighted by Crippen LogP contribution is -2.34. The fourth-order valence-corrected chi connectivity index (χ4v) is 3.84. The van der Waals surface area contributed by atoms with Crippen molar-refractivity contribution in [3.05, 3.63) is 73.7 Å². The number of benzene rings is 2. The SMILES string of the molecule is CN/C(=N\[N+](=O)[O-])NCc1cnc(Cl)s1.O=C(O)CCCC(=O)NCc1cccc2ccccc12. The molecular formula is C22H25ClN6O5S. The van der Waals surface area contributed by atoms with Crippen LogP contribution in [-0.4, -0.2) is 40.0 Å². The van der Waals surface area contributed by atoms with Crippen molar-refractivity contribution in [3.63, 3.8) is 0 Å². The number of nitro groups is 1. The Kier molecular flexibility index (Phi) is 11.4. The van der Waals surface area contributed by atoms with Crippen molar-refractivity contribution in [2.45, 2.75) is 32.4 Å². The quantitative estimate of drug-likeness (QED) is 0.145. The van der Waals surface area contributed by atoms with E-state index in [9.17, 15) is 19.7 Å². The summed E-state index contributed by atoms with van der Waals surface area (Å²) in [5, 5.41) is 31.3. The summed E-state index contributed by atoms with van der Waals surface area (Å²) < 4.78 is 0.434. The van der Waals surface area contributed by atoms with Gasteiger partial charge in [-0.05, 0) is 22.8 Å². The molecular weight excluding hydrogens is 496 g/mol. The largest absolute Gasteiger partial charge is 0.481 e. The molecule has 0 bridgehead atoms. The number of carbonyl (C=O) groups is 2. The van der Waals surface area contributed by atoms with Gasteiger partial charge in [-0.2, -0.15) is 0 Å². The van der Waals surface area contributed by atoms with E-state index in [0.29, 0.717) is 24.0 Å². The van der Waals surface area contributed by atoms with Crippen molar-refractivity contribution in [2.24, 2.45) is 5.10 Å². The summed E-state index contributed by atoms with van der Waals surface area (Å²) in [6.45, 7) is 0.852. The Morgan fingerprint density at radius 3 is 2.54 bits per heavy atom. The predicted octanol–water partition coefficient (Wildman–Crippen LogP) is 3.36. The molecule has 0 radical (unpaired) electrons. The van der Waals surface area contributed by atoms with Crippen LogP contribution >= 0.6 is 22.9 Å². The lowest BCUT2D eigenvalue weighted by molar-refractivity contribution is -0.485. The first-order valence-electron chi connectivity index (χ1n) is 10.5. The van der Waals surface area contributed by atoms with Crippen LogP contribution in [0.5, 0.6) is 0 Å². The van der Waals surface area contributed by atoms with Crippen LogP contribution in [0.15, 0.2) is 53.8 Å². The Balaban J connectivity index is 0.000000258. The minimum Gasteiger partial charge on any atom is -0.481 e. The number of nitrogens with zero attached hydrogens (tertiary/aromatic N) is 3. The van der Waals surface area contributed by atoms with Gasteiger partial charge in [-0.15, -0.1) is 11.3 Å². The van der Waals surface area contributed by atoms with Gasteiger partial charge in [0.1, 0.15) is 5.10 Å². The van der Waals surface area contributed by atoms with Gasteiger partial charge in [-0.3, -0.25) is 9.59 Å². The molecule has 1 heterocycles. The van der Waals surface area contributed by atoms with E-state index in [2.05, 4.69) is 26.0 Å². The second-order valence-corrected chi connectivity index (χ2v) is 8.73. The molecule has 3 aromatic rings. The first-order valence-corrected chi connectivity index (χ1v) is 11.7. The minimum atomic E-state index is -0.869. The number of amides is 1. The van der Waals surface area contributed by atoms with Crippen LogP contribution in [0.3, 0.4) is 0 Å². The van der Waals surface area contributed by atoms with E-state index in [0.717, 1.165) is 21.2 Å². The van der Waals surface area contributed by atoms with Crippen LogP contribution in [0.2, 0.25) is 4.47 Å². The summed E-state index contributed by atoms with van der Waals surface area (Å²) in [7, 11) is 1.54. The molecule has 0 saturated heterocycles. The maximum absolute atomic E-state index is 11.6. The number of carboxylic acid groups (broad SMARTS) is 1. The predicted molar refractivity (Wildman–Crippen MR) is 135 cm³/mol. The summed E-state index contributed by atoms with van der Waals surface area (Å²) >= 11 is 6.92. The van der Waals surface area contributed by atoms with Crippen LogP contribution in [0.4, 0.5) is 0 Å². The van der Waals surface area contributed by atoms with Crippen molar-refractivity contribution in [2.75, 3.05) is 7.05 Å². The van der Waals surface area contributed by atoms with Gasteiger partial charge in [0.2, 0.25) is 5.91 Å². The molecule has 1 aromatic heterocycles. The lowest BCUT2D eigenvalue weighted by Gasteiger charge is -2.08. The molecule has 3 rings (SSSR count). The van der Waals surface area contributed by atoms with E-state index in [4.69, 9.17) is 16.7 Å². The summed E-state index contributed by atoms with van der Waals surface area (Å²) in [4.78, 5) is 36.8. The highest BCUT2D eigenvalue weighted by Gasteiger charge is 2.06. The third-order valence-corrected chi connectivity index (χ3v) is 5.64. The van der Waals surface area contributed by atoms with E-state index in [1.54, 1.807) is 6.20 Å². The number of halogens is 1. The Bertz CT molecular complexity index is 1180. The van der Waals surface area contributed by atoms with Gasteiger partial charge in [-0.1, -0.05) is 54.1 Å². The molecule has 2 aromatic carbocycles. The topological polar surface area (TPSA) is 159 Å². The fraction of sp³-hybridized carbons (Fsp3) is 0.273. The highest BCUT2D eigenvalue weighted by molar-refractivity contribution is 7.15. The number of fused-ring (bicyclic) bond motifs is 1.